The van der Waals surface area contributed by atoms with Crippen molar-refractivity contribution in [3.63, 3.8) is 0 Å². The molecule has 2 N–H and O–H groups in total. The lowest BCUT2D eigenvalue weighted by Crippen LogP contribution is -2.48. The van der Waals surface area contributed by atoms with E-state index in [0.29, 0.717) is 56.5 Å². The van der Waals surface area contributed by atoms with Crippen molar-refractivity contribution in [1.82, 2.24) is 15.5 Å². The Balaban J connectivity index is 1.69. The second kappa shape index (κ2) is 9.80. The third-order valence-corrected chi connectivity index (χ3v) is 5.30. The number of nitrogens with zero attached hydrogens (tertiary/aromatic N) is 1. The summed E-state index contributed by atoms with van der Waals surface area (Å²) in [6, 6.07) is 4.35. The maximum absolute atomic E-state index is 14.6. The number of amides is 1. The van der Waals surface area contributed by atoms with Crippen LogP contribution < -0.4 is 10.6 Å². The highest BCUT2D eigenvalue weighted by molar-refractivity contribution is 6.31. The largest absolute Gasteiger partial charge is 0.378 e. The van der Waals surface area contributed by atoms with Crippen LogP contribution in [-0.4, -0.2) is 69.0 Å². The number of carbonyl (C=O) groups is 1. The molecule has 27 heavy (non-hydrogen) atoms. The maximum atomic E-state index is 14.6. The van der Waals surface area contributed by atoms with E-state index >= 15 is 0 Å². The Kier molecular flexibility index (Phi) is 7.43. The van der Waals surface area contributed by atoms with Crippen LogP contribution in [0.2, 0.25) is 5.02 Å². The summed E-state index contributed by atoms with van der Waals surface area (Å²) < 4.78 is 25.6. The molecule has 2 heterocycles. The smallest absolute Gasteiger partial charge is 0.221 e. The first-order valence-corrected chi connectivity index (χ1v) is 9.79. The van der Waals surface area contributed by atoms with E-state index in [1.165, 1.54) is 6.07 Å². The van der Waals surface area contributed by atoms with Crippen LogP contribution in [0.1, 0.15) is 24.9 Å². The minimum Gasteiger partial charge on any atom is -0.378 e. The van der Waals surface area contributed by atoms with Crippen molar-refractivity contribution >= 4 is 17.5 Å². The van der Waals surface area contributed by atoms with Crippen LogP contribution in [0.5, 0.6) is 0 Å². The Bertz CT molecular complexity index is 622. The minimum atomic E-state index is -0.358. The molecule has 150 valence electrons. The number of ether oxygens (including phenoxy) is 2. The van der Waals surface area contributed by atoms with Crippen LogP contribution in [0.25, 0.3) is 0 Å². The molecule has 2 aliphatic heterocycles. The molecule has 3 unspecified atom stereocenters. The highest BCUT2D eigenvalue weighted by Crippen LogP contribution is 2.31. The first-order valence-electron chi connectivity index (χ1n) is 9.42. The first-order chi connectivity index (χ1) is 13.0. The van der Waals surface area contributed by atoms with Crippen LogP contribution >= 0.6 is 11.6 Å². The number of hydrogen-bond acceptors (Lipinski definition) is 5. The van der Waals surface area contributed by atoms with Gasteiger partial charge in [0.2, 0.25) is 5.91 Å². The number of nitrogens with one attached hydrogen (secondary N) is 2. The van der Waals surface area contributed by atoms with Gasteiger partial charge in [0.05, 0.1) is 32.0 Å². The average molecular weight is 400 g/mol. The Hall–Kier alpha value is -1.25. The summed E-state index contributed by atoms with van der Waals surface area (Å²) in [6.45, 7) is 6.10. The summed E-state index contributed by atoms with van der Waals surface area (Å²) in [6.07, 6.45) is 0.378. The standard InChI is InChI=1S/C19H27ClFN3O3/c1-13-11-24(6-8-27-13)17(19-15(20)3-2-4-16(19)21)10-23-18(25)9-14-12-26-7-5-22-14/h2-4,13-14,17,22H,5-12H2,1H3,(H,23,25). The molecule has 0 radical (unpaired) electrons. The fourth-order valence-corrected chi connectivity index (χ4v) is 3.92. The van der Waals surface area contributed by atoms with Gasteiger partial charge in [-0.2, -0.15) is 0 Å². The van der Waals surface area contributed by atoms with Crippen LogP contribution in [-0.2, 0) is 14.3 Å². The normalized spacial score (nSPS) is 25.1. The molecule has 6 nitrogen and oxygen atoms in total. The van der Waals surface area contributed by atoms with E-state index in [-0.39, 0.29) is 29.9 Å². The van der Waals surface area contributed by atoms with Crippen molar-refractivity contribution in [2.75, 3.05) is 46.0 Å². The molecule has 2 saturated heterocycles. The molecule has 0 aliphatic carbocycles. The molecule has 0 spiro atoms. The minimum absolute atomic E-state index is 0.0117. The van der Waals surface area contributed by atoms with E-state index < -0.39 is 0 Å². The maximum Gasteiger partial charge on any atom is 0.221 e. The monoisotopic (exact) mass is 399 g/mol. The zero-order valence-corrected chi connectivity index (χ0v) is 16.3. The lowest BCUT2D eigenvalue weighted by molar-refractivity contribution is -0.122. The van der Waals surface area contributed by atoms with Gasteiger partial charge in [-0.15, -0.1) is 0 Å². The summed E-state index contributed by atoms with van der Waals surface area (Å²) in [4.78, 5) is 14.5. The van der Waals surface area contributed by atoms with Crippen LogP contribution in [0.3, 0.4) is 0 Å². The summed E-state index contributed by atoms with van der Waals surface area (Å²) >= 11 is 6.31. The number of benzene rings is 1. The molecule has 1 amide bonds. The molecule has 2 fully saturated rings. The summed E-state index contributed by atoms with van der Waals surface area (Å²) in [5.41, 5.74) is 0.424. The predicted molar refractivity (Wildman–Crippen MR) is 101 cm³/mol. The van der Waals surface area contributed by atoms with Gasteiger partial charge in [0.1, 0.15) is 5.82 Å². The van der Waals surface area contributed by atoms with Gasteiger partial charge >= 0.3 is 0 Å². The van der Waals surface area contributed by atoms with Gasteiger partial charge < -0.3 is 20.1 Å². The average Bonchev–Trinajstić information content (AvgIpc) is 2.65. The van der Waals surface area contributed by atoms with Crippen LogP contribution in [0.15, 0.2) is 18.2 Å². The summed E-state index contributed by atoms with van der Waals surface area (Å²) in [7, 11) is 0. The molecule has 0 bridgehead atoms. The summed E-state index contributed by atoms with van der Waals surface area (Å²) in [5.74, 6) is -0.444. The van der Waals surface area contributed by atoms with Crippen LogP contribution in [0.4, 0.5) is 4.39 Å². The van der Waals surface area contributed by atoms with E-state index in [1.54, 1.807) is 12.1 Å². The van der Waals surface area contributed by atoms with E-state index in [2.05, 4.69) is 15.5 Å². The van der Waals surface area contributed by atoms with E-state index in [0.717, 1.165) is 6.54 Å². The Morgan fingerprint density at radius 3 is 3.04 bits per heavy atom. The molecule has 1 aromatic rings. The molecule has 0 saturated carbocycles. The molecular formula is C19H27ClFN3O3. The number of morpholine rings is 2. The van der Waals surface area contributed by atoms with E-state index in [1.807, 2.05) is 6.92 Å². The van der Waals surface area contributed by atoms with Crippen molar-refractivity contribution in [3.05, 3.63) is 34.6 Å². The van der Waals surface area contributed by atoms with Gasteiger partial charge in [0, 0.05) is 49.2 Å². The Labute approximate surface area is 164 Å². The quantitative estimate of drug-likeness (QED) is 0.763. The number of hydrogen-bond donors (Lipinski definition) is 2. The molecular weight excluding hydrogens is 373 g/mol. The van der Waals surface area contributed by atoms with Gasteiger partial charge in [0.25, 0.3) is 0 Å². The Morgan fingerprint density at radius 2 is 2.33 bits per heavy atom. The number of rotatable bonds is 6. The number of halogens is 2. The lowest BCUT2D eigenvalue weighted by atomic mass is 10.0. The van der Waals surface area contributed by atoms with Gasteiger partial charge in [-0.1, -0.05) is 17.7 Å². The highest BCUT2D eigenvalue weighted by atomic mass is 35.5. The highest BCUT2D eigenvalue weighted by Gasteiger charge is 2.29. The fourth-order valence-electron chi connectivity index (χ4n) is 3.63. The second-order valence-electron chi connectivity index (χ2n) is 7.06. The zero-order valence-electron chi connectivity index (χ0n) is 15.5. The van der Waals surface area contributed by atoms with Gasteiger partial charge in [-0.3, -0.25) is 9.69 Å². The third-order valence-electron chi connectivity index (χ3n) is 4.97. The van der Waals surface area contributed by atoms with E-state index in [9.17, 15) is 9.18 Å². The fraction of sp³-hybridized carbons (Fsp3) is 0.632. The van der Waals surface area contributed by atoms with Crippen molar-refractivity contribution < 1.29 is 18.7 Å². The van der Waals surface area contributed by atoms with Gasteiger partial charge in [0.15, 0.2) is 0 Å². The van der Waals surface area contributed by atoms with Crippen LogP contribution in [0, 0.1) is 5.82 Å². The lowest BCUT2D eigenvalue weighted by Gasteiger charge is -2.38. The second-order valence-corrected chi connectivity index (χ2v) is 7.47. The van der Waals surface area contributed by atoms with Crippen molar-refractivity contribution in [2.24, 2.45) is 0 Å². The zero-order chi connectivity index (χ0) is 19.2. The number of carbonyl (C=O) groups excluding carboxylic acids is 1. The summed E-state index contributed by atoms with van der Waals surface area (Å²) in [5, 5.41) is 6.59. The van der Waals surface area contributed by atoms with Crippen molar-refractivity contribution in [2.45, 2.75) is 31.5 Å². The van der Waals surface area contributed by atoms with Crippen molar-refractivity contribution in [3.8, 4) is 0 Å². The van der Waals surface area contributed by atoms with Gasteiger partial charge in [-0.25, -0.2) is 4.39 Å². The molecule has 8 heteroatoms. The Morgan fingerprint density at radius 1 is 1.48 bits per heavy atom. The topological polar surface area (TPSA) is 62.8 Å². The third kappa shape index (κ3) is 5.62. The predicted octanol–water partition coefficient (Wildman–Crippen LogP) is 1.74. The first kappa shape index (κ1) is 20.5. The molecule has 1 aromatic carbocycles. The molecule has 2 aliphatic rings. The SMILES string of the molecule is CC1CN(C(CNC(=O)CC2COCCN2)c2c(F)cccc2Cl)CCO1. The van der Waals surface area contributed by atoms with Crippen molar-refractivity contribution in [1.29, 1.82) is 0 Å². The molecule has 3 atom stereocenters. The molecule has 3 rings (SSSR count). The molecule has 0 aromatic heterocycles. The van der Waals surface area contributed by atoms with E-state index in [4.69, 9.17) is 21.1 Å². The van der Waals surface area contributed by atoms with Gasteiger partial charge in [-0.05, 0) is 19.1 Å².